The highest BCUT2D eigenvalue weighted by atomic mass is 16.4. The van der Waals surface area contributed by atoms with Crippen LogP contribution in [0.2, 0.25) is 0 Å². The average molecular weight is 285 g/mol. The number of aliphatic carboxylic acids is 1. The molecule has 7 heteroatoms. The zero-order valence-electron chi connectivity index (χ0n) is 12.1. The van der Waals surface area contributed by atoms with E-state index >= 15 is 0 Å². The Labute approximate surface area is 118 Å². The maximum absolute atomic E-state index is 12.0. The predicted octanol–water partition coefficient (Wildman–Crippen LogP) is 0.551. The lowest BCUT2D eigenvalue weighted by atomic mass is 9.82. The lowest BCUT2D eigenvalue weighted by Crippen LogP contribution is -2.58. The van der Waals surface area contributed by atoms with E-state index in [1.54, 1.807) is 7.05 Å². The predicted molar refractivity (Wildman–Crippen MR) is 73.3 cm³/mol. The summed E-state index contributed by atoms with van der Waals surface area (Å²) in [5, 5.41) is 14.5. The van der Waals surface area contributed by atoms with E-state index in [0.717, 1.165) is 19.3 Å². The molecule has 114 valence electrons. The molecule has 0 bridgehead atoms. The first-order valence-electron chi connectivity index (χ1n) is 6.88. The van der Waals surface area contributed by atoms with E-state index < -0.39 is 17.5 Å². The second-order valence-electron chi connectivity index (χ2n) is 5.22. The fourth-order valence-corrected chi connectivity index (χ4v) is 2.34. The molecule has 1 saturated carbocycles. The number of carbonyl (C=O) groups is 3. The van der Waals surface area contributed by atoms with Crippen molar-refractivity contribution in [1.82, 2.24) is 15.5 Å². The molecule has 1 fully saturated rings. The molecule has 1 aliphatic carbocycles. The molecule has 1 rings (SSSR count). The Morgan fingerprint density at radius 1 is 1.20 bits per heavy atom. The molecule has 0 atom stereocenters. The van der Waals surface area contributed by atoms with Crippen LogP contribution in [0.25, 0.3) is 0 Å². The van der Waals surface area contributed by atoms with Gasteiger partial charge in [0.25, 0.3) is 0 Å². The molecule has 0 aliphatic heterocycles. The fourth-order valence-electron chi connectivity index (χ4n) is 2.34. The summed E-state index contributed by atoms with van der Waals surface area (Å²) in [4.78, 5) is 36.0. The summed E-state index contributed by atoms with van der Waals surface area (Å²) in [5.41, 5.74) is -1.16. The average Bonchev–Trinajstić information content (AvgIpc) is 2.44. The van der Waals surface area contributed by atoms with Crippen molar-refractivity contribution in [2.75, 3.05) is 20.6 Å². The van der Waals surface area contributed by atoms with Crippen LogP contribution in [0.3, 0.4) is 0 Å². The minimum atomic E-state index is -1.16. The summed E-state index contributed by atoms with van der Waals surface area (Å²) in [5.74, 6) is -1.14. The lowest BCUT2D eigenvalue weighted by molar-refractivity contribution is -0.146. The van der Waals surface area contributed by atoms with Crippen molar-refractivity contribution < 1.29 is 19.5 Å². The van der Waals surface area contributed by atoms with Crippen molar-refractivity contribution >= 4 is 17.9 Å². The number of urea groups is 1. The van der Waals surface area contributed by atoms with Crippen LogP contribution in [0.4, 0.5) is 4.79 Å². The molecule has 3 amide bonds. The van der Waals surface area contributed by atoms with Gasteiger partial charge in [0.2, 0.25) is 5.91 Å². The highest BCUT2D eigenvalue weighted by Crippen LogP contribution is 2.28. The normalized spacial score (nSPS) is 17.1. The van der Waals surface area contributed by atoms with Gasteiger partial charge in [-0.05, 0) is 12.8 Å². The molecule has 0 aromatic heterocycles. The maximum Gasteiger partial charge on any atom is 0.329 e. The van der Waals surface area contributed by atoms with Gasteiger partial charge in [-0.25, -0.2) is 9.59 Å². The molecule has 0 radical (unpaired) electrons. The minimum absolute atomic E-state index is 0.157. The third kappa shape index (κ3) is 4.11. The van der Waals surface area contributed by atoms with E-state index in [1.165, 1.54) is 11.9 Å². The number of carboxylic acid groups (broad SMARTS) is 1. The first-order valence-corrected chi connectivity index (χ1v) is 6.88. The van der Waals surface area contributed by atoms with Gasteiger partial charge in [-0.2, -0.15) is 0 Å². The molecule has 7 nitrogen and oxygen atoms in total. The summed E-state index contributed by atoms with van der Waals surface area (Å²) in [6, 6.07) is -0.446. The van der Waals surface area contributed by atoms with E-state index in [9.17, 15) is 19.5 Å². The maximum atomic E-state index is 12.0. The third-order valence-corrected chi connectivity index (χ3v) is 3.76. The fraction of sp³-hybridized carbons (Fsp3) is 0.769. The number of carbonyl (C=O) groups excluding carboxylic acids is 2. The summed E-state index contributed by atoms with van der Waals surface area (Å²) in [6.45, 7) is 0.251. The number of nitrogens with zero attached hydrogens (tertiary/aromatic N) is 1. The lowest BCUT2D eigenvalue weighted by Gasteiger charge is -2.35. The van der Waals surface area contributed by atoms with Crippen molar-refractivity contribution in [3.63, 3.8) is 0 Å². The SMILES string of the molecule is CNC(=O)CCN(C)C(=O)NC1(C(=O)O)CCCCC1. The van der Waals surface area contributed by atoms with Crippen LogP contribution in [-0.4, -0.2) is 54.1 Å². The number of hydrogen-bond acceptors (Lipinski definition) is 3. The molecule has 0 aromatic rings. The molecule has 0 saturated heterocycles. The van der Waals surface area contributed by atoms with Gasteiger partial charge in [-0.15, -0.1) is 0 Å². The van der Waals surface area contributed by atoms with Crippen LogP contribution in [0.5, 0.6) is 0 Å². The molecule has 0 spiro atoms. The van der Waals surface area contributed by atoms with Crippen molar-refractivity contribution in [2.24, 2.45) is 0 Å². The van der Waals surface area contributed by atoms with E-state index in [-0.39, 0.29) is 18.9 Å². The van der Waals surface area contributed by atoms with Gasteiger partial charge in [-0.3, -0.25) is 4.79 Å². The molecular weight excluding hydrogens is 262 g/mol. The number of rotatable bonds is 5. The van der Waals surface area contributed by atoms with Crippen LogP contribution < -0.4 is 10.6 Å². The standard InChI is InChI=1S/C13H23N3O4/c1-14-10(17)6-9-16(2)12(20)15-13(11(18)19)7-4-3-5-8-13/h3-9H2,1-2H3,(H,14,17)(H,15,20)(H,18,19). The van der Waals surface area contributed by atoms with Gasteiger partial charge in [0.05, 0.1) is 0 Å². The molecule has 3 N–H and O–H groups in total. The van der Waals surface area contributed by atoms with Gasteiger partial charge in [0.15, 0.2) is 0 Å². The van der Waals surface area contributed by atoms with Gasteiger partial charge in [0.1, 0.15) is 5.54 Å². The molecule has 1 aliphatic rings. The monoisotopic (exact) mass is 285 g/mol. The first kappa shape index (κ1) is 16.3. The summed E-state index contributed by atoms with van der Waals surface area (Å²) >= 11 is 0. The van der Waals surface area contributed by atoms with E-state index in [4.69, 9.17) is 0 Å². The van der Waals surface area contributed by atoms with Crippen LogP contribution >= 0.6 is 0 Å². The molecular formula is C13H23N3O4. The zero-order chi connectivity index (χ0) is 15.2. The van der Waals surface area contributed by atoms with Crippen LogP contribution in [-0.2, 0) is 9.59 Å². The Balaban J connectivity index is 2.57. The highest BCUT2D eigenvalue weighted by molar-refractivity contribution is 5.86. The smallest absolute Gasteiger partial charge is 0.329 e. The van der Waals surface area contributed by atoms with Crippen LogP contribution in [0.1, 0.15) is 38.5 Å². The van der Waals surface area contributed by atoms with Gasteiger partial charge >= 0.3 is 12.0 Å². The Kier molecular flexibility index (Phi) is 5.79. The van der Waals surface area contributed by atoms with Gasteiger partial charge in [0, 0.05) is 27.1 Å². The minimum Gasteiger partial charge on any atom is -0.480 e. The van der Waals surface area contributed by atoms with Gasteiger partial charge < -0.3 is 20.6 Å². The Morgan fingerprint density at radius 2 is 1.80 bits per heavy atom. The van der Waals surface area contributed by atoms with Crippen molar-refractivity contribution in [1.29, 1.82) is 0 Å². The van der Waals surface area contributed by atoms with Crippen molar-refractivity contribution in [3.8, 4) is 0 Å². The van der Waals surface area contributed by atoms with Crippen molar-refractivity contribution in [2.45, 2.75) is 44.1 Å². The quantitative estimate of drug-likeness (QED) is 0.687. The summed E-state index contributed by atoms with van der Waals surface area (Å²) in [6.07, 6.45) is 3.70. The number of hydrogen-bond donors (Lipinski definition) is 3. The van der Waals surface area contributed by atoms with E-state index in [0.29, 0.717) is 12.8 Å². The van der Waals surface area contributed by atoms with Gasteiger partial charge in [-0.1, -0.05) is 19.3 Å². The topological polar surface area (TPSA) is 98.7 Å². The molecule has 20 heavy (non-hydrogen) atoms. The first-order chi connectivity index (χ1) is 9.41. The highest BCUT2D eigenvalue weighted by Gasteiger charge is 2.41. The molecule has 0 unspecified atom stereocenters. The number of carboxylic acids is 1. The third-order valence-electron chi connectivity index (χ3n) is 3.76. The Hall–Kier alpha value is -1.79. The van der Waals surface area contributed by atoms with E-state index in [2.05, 4.69) is 10.6 Å². The molecule has 0 aromatic carbocycles. The van der Waals surface area contributed by atoms with Crippen LogP contribution in [0, 0.1) is 0 Å². The number of amides is 3. The van der Waals surface area contributed by atoms with Crippen molar-refractivity contribution in [3.05, 3.63) is 0 Å². The Morgan fingerprint density at radius 3 is 2.30 bits per heavy atom. The number of nitrogens with one attached hydrogen (secondary N) is 2. The zero-order valence-corrected chi connectivity index (χ0v) is 12.1. The van der Waals surface area contributed by atoms with E-state index in [1.807, 2.05) is 0 Å². The Bertz CT molecular complexity index is 378. The summed E-state index contributed by atoms with van der Waals surface area (Å²) < 4.78 is 0. The second-order valence-corrected chi connectivity index (χ2v) is 5.22. The summed E-state index contributed by atoms with van der Waals surface area (Å²) in [7, 11) is 3.08. The molecule has 0 heterocycles. The second kappa shape index (κ2) is 7.12. The largest absolute Gasteiger partial charge is 0.480 e. The van der Waals surface area contributed by atoms with Crippen LogP contribution in [0.15, 0.2) is 0 Å².